The van der Waals surface area contributed by atoms with Crippen LogP contribution in [0.25, 0.3) is 10.6 Å². The molecule has 2 atom stereocenters. The van der Waals surface area contributed by atoms with Crippen LogP contribution in [0.2, 0.25) is 0 Å². The Labute approximate surface area is 174 Å². The Hall–Kier alpha value is -2.70. The van der Waals surface area contributed by atoms with E-state index in [0.717, 1.165) is 49.7 Å². The van der Waals surface area contributed by atoms with Gasteiger partial charge in [0.05, 0.1) is 6.07 Å². The standard InChI is InChI=1S/C20H25N7OS/c1-14-12-17(18(28)23-7-6-21)27(13-14)20-24-19(29-25-20)15-2-4-16(5-3-15)26-10-8-22-9-11-26/h2-5,14,17,22H,7-13H2,1H3,(H,23,28)/t14-,17-/m0/s1. The first-order valence-electron chi connectivity index (χ1n) is 9.97. The highest BCUT2D eigenvalue weighted by Gasteiger charge is 2.36. The molecule has 2 aliphatic rings. The number of nitrogens with one attached hydrogen (secondary N) is 2. The van der Waals surface area contributed by atoms with E-state index in [0.29, 0.717) is 11.9 Å². The highest BCUT2D eigenvalue weighted by Crippen LogP contribution is 2.31. The SMILES string of the molecule is C[C@H]1C[C@@H](C(=O)NCC#N)N(c2nsc(-c3ccc(N4CCNCC4)cc3)n2)C1. The summed E-state index contributed by atoms with van der Waals surface area (Å²) >= 11 is 1.35. The van der Waals surface area contributed by atoms with Crippen LogP contribution in [-0.4, -0.2) is 60.6 Å². The molecule has 1 amide bonds. The second kappa shape index (κ2) is 8.76. The number of nitrogens with zero attached hydrogens (tertiary/aromatic N) is 5. The molecule has 2 aliphatic heterocycles. The highest BCUT2D eigenvalue weighted by molar-refractivity contribution is 7.09. The number of carbonyl (C=O) groups excluding carboxylic acids is 1. The molecule has 3 heterocycles. The third kappa shape index (κ3) is 4.33. The molecule has 152 valence electrons. The Morgan fingerprint density at radius 1 is 1.34 bits per heavy atom. The number of nitriles is 1. The Morgan fingerprint density at radius 2 is 2.10 bits per heavy atom. The van der Waals surface area contributed by atoms with Crippen molar-refractivity contribution in [1.82, 2.24) is 20.0 Å². The molecule has 0 bridgehead atoms. The van der Waals surface area contributed by atoms with Crippen LogP contribution in [0.1, 0.15) is 13.3 Å². The monoisotopic (exact) mass is 411 g/mol. The summed E-state index contributed by atoms with van der Waals surface area (Å²) < 4.78 is 4.53. The number of carbonyl (C=O) groups is 1. The second-order valence-electron chi connectivity index (χ2n) is 7.57. The molecule has 1 aromatic carbocycles. The summed E-state index contributed by atoms with van der Waals surface area (Å²) in [6, 6.07) is 10.1. The maximum atomic E-state index is 12.4. The van der Waals surface area contributed by atoms with Crippen molar-refractivity contribution >= 4 is 29.1 Å². The number of amides is 1. The molecular weight excluding hydrogens is 386 g/mol. The quantitative estimate of drug-likeness (QED) is 0.719. The van der Waals surface area contributed by atoms with Crippen LogP contribution >= 0.6 is 11.5 Å². The minimum Gasteiger partial charge on any atom is -0.369 e. The molecule has 2 N–H and O–H groups in total. The van der Waals surface area contributed by atoms with Crippen LogP contribution in [0.15, 0.2) is 24.3 Å². The molecule has 2 fully saturated rings. The van der Waals surface area contributed by atoms with Gasteiger partial charge in [-0.25, -0.2) is 0 Å². The molecule has 0 spiro atoms. The fourth-order valence-corrected chi connectivity index (χ4v) is 4.63. The third-order valence-corrected chi connectivity index (χ3v) is 6.18. The summed E-state index contributed by atoms with van der Waals surface area (Å²) in [6.45, 7) is 6.94. The zero-order chi connectivity index (χ0) is 20.2. The molecule has 0 aliphatic carbocycles. The summed E-state index contributed by atoms with van der Waals surface area (Å²) in [5.41, 5.74) is 2.26. The van der Waals surface area contributed by atoms with Gasteiger partial charge in [-0.3, -0.25) is 4.79 Å². The fraction of sp³-hybridized carbons (Fsp3) is 0.500. The zero-order valence-corrected chi connectivity index (χ0v) is 17.3. The van der Waals surface area contributed by atoms with Gasteiger partial charge in [-0.15, -0.1) is 0 Å². The number of piperazine rings is 1. The first-order chi connectivity index (χ1) is 14.2. The van der Waals surface area contributed by atoms with E-state index < -0.39 is 0 Å². The van der Waals surface area contributed by atoms with Crippen molar-refractivity contribution in [3.05, 3.63) is 24.3 Å². The minimum absolute atomic E-state index is 0.0206. The topological polar surface area (TPSA) is 97.2 Å². The molecule has 0 unspecified atom stereocenters. The van der Waals surface area contributed by atoms with Crippen molar-refractivity contribution in [3.8, 4) is 16.6 Å². The van der Waals surface area contributed by atoms with Crippen molar-refractivity contribution in [2.45, 2.75) is 19.4 Å². The fourth-order valence-electron chi connectivity index (χ4n) is 3.95. The molecule has 0 saturated carbocycles. The van der Waals surface area contributed by atoms with Crippen LogP contribution in [-0.2, 0) is 4.79 Å². The lowest BCUT2D eigenvalue weighted by Crippen LogP contribution is -2.43. The maximum Gasteiger partial charge on any atom is 0.243 e. The largest absolute Gasteiger partial charge is 0.369 e. The van der Waals surface area contributed by atoms with Gasteiger partial charge in [0, 0.05) is 44.0 Å². The zero-order valence-electron chi connectivity index (χ0n) is 16.5. The average Bonchev–Trinajstić information content (AvgIpc) is 3.39. The molecule has 8 nitrogen and oxygen atoms in total. The Kier molecular flexibility index (Phi) is 5.92. The number of hydrogen-bond acceptors (Lipinski definition) is 8. The summed E-state index contributed by atoms with van der Waals surface area (Å²) in [5.74, 6) is 0.836. The smallest absolute Gasteiger partial charge is 0.243 e. The number of aromatic nitrogens is 2. The second-order valence-corrected chi connectivity index (χ2v) is 8.32. The predicted octanol–water partition coefficient (Wildman–Crippen LogP) is 1.47. The van der Waals surface area contributed by atoms with Crippen LogP contribution in [0.3, 0.4) is 0 Å². The van der Waals surface area contributed by atoms with Gasteiger partial charge >= 0.3 is 0 Å². The van der Waals surface area contributed by atoms with Crippen molar-refractivity contribution in [2.24, 2.45) is 5.92 Å². The van der Waals surface area contributed by atoms with Crippen molar-refractivity contribution < 1.29 is 4.79 Å². The van der Waals surface area contributed by atoms with Crippen molar-refractivity contribution in [1.29, 1.82) is 5.26 Å². The minimum atomic E-state index is -0.323. The van der Waals surface area contributed by atoms with Crippen LogP contribution < -0.4 is 20.4 Å². The van der Waals surface area contributed by atoms with Gasteiger partial charge < -0.3 is 20.4 Å². The lowest BCUT2D eigenvalue weighted by Gasteiger charge is -2.29. The maximum absolute atomic E-state index is 12.4. The molecule has 29 heavy (non-hydrogen) atoms. The van der Waals surface area contributed by atoms with E-state index in [1.165, 1.54) is 17.2 Å². The van der Waals surface area contributed by atoms with E-state index in [1.807, 2.05) is 11.0 Å². The van der Waals surface area contributed by atoms with E-state index in [9.17, 15) is 4.79 Å². The molecule has 0 radical (unpaired) electrons. The van der Waals surface area contributed by atoms with E-state index in [-0.39, 0.29) is 18.5 Å². The van der Waals surface area contributed by atoms with E-state index in [4.69, 9.17) is 10.2 Å². The molecule has 2 aromatic rings. The van der Waals surface area contributed by atoms with E-state index in [1.54, 1.807) is 0 Å². The van der Waals surface area contributed by atoms with Gasteiger partial charge in [-0.05, 0) is 48.1 Å². The van der Waals surface area contributed by atoms with E-state index >= 15 is 0 Å². The van der Waals surface area contributed by atoms with Gasteiger partial charge in [0.25, 0.3) is 0 Å². The van der Waals surface area contributed by atoms with Crippen LogP contribution in [0.5, 0.6) is 0 Å². The van der Waals surface area contributed by atoms with Gasteiger partial charge in [-0.2, -0.15) is 14.6 Å². The Balaban J connectivity index is 1.48. The van der Waals surface area contributed by atoms with Crippen molar-refractivity contribution in [3.63, 3.8) is 0 Å². The lowest BCUT2D eigenvalue weighted by atomic mass is 10.1. The third-order valence-electron chi connectivity index (χ3n) is 5.42. The summed E-state index contributed by atoms with van der Waals surface area (Å²) in [5, 5.41) is 15.6. The number of hydrogen-bond donors (Lipinski definition) is 2. The summed E-state index contributed by atoms with van der Waals surface area (Å²) in [4.78, 5) is 21.5. The molecular formula is C20H25N7OS. The van der Waals surface area contributed by atoms with Gasteiger partial charge in [0.15, 0.2) is 0 Å². The molecule has 4 rings (SSSR count). The summed E-state index contributed by atoms with van der Waals surface area (Å²) in [7, 11) is 0. The number of rotatable bonds is 5. The molecule has 1 aromatic heterocycles. The van der Waals surface area contributed by atoms with Gasteiger partial charge in [0.2, 0.25) is 11.9 Å². The molecule has 9 heteroatoms. The molecule has 2 saturated heterocycles. The number of benzene rings is 1. The normalized spacial score (nSPS) is 21.8. The first-order valence-corrected chi connectivity index (χ1v) is 10.7. The number of anilines is 2. The summed E-state index contributed by atoms with van der Waals surface area (Å²) in [6.07, 6.45) is 0.741. The van der Waals surface area contributed by atoms with Gasteiger partial charge in [-0.1, -0.05) is 6.92 Å². The van der Waals surface area contributed by atoms with Crippen LogP contribution in [0, 0.1) is 17.2 Å². The van der Waals surface area contributed by atoms with Gasteiger partial charge in [0.1, 0.15) is 17.6 Å². The first kappa shape index (κ1) is 19.6. The Morgan fingerprint density at radius 3 is 2.83 bits per heavy atom. The van der Waals surface area contributed by atoms with Crippen LogP contribution in [0.4, 0.5) is 11.6 Å². The Bertz CT molecular complexity index is 885. The average molecular weight is 412 g/mol. The van der Waals surface area contributed by atoms with E-state index in [2.05, 4.69) is 51.1 Å². The lowest BCUT2D eigenvalue weighted by molar-refractivity contribution is -0.122. The highest BCUT2D eigenvalue weighted by atomic mass is 32.1. The predicted molar refractivity (Wildman–Crippen MR) is 114 cm³/mol. The van der Waals surface area contributed by atoms with Crippen molar-refractivity contribution in [2.75, 3.05) is 49.1 Å².